The van der Waals surface area contributed by atoms with Crippen LogP contribution < -0.4 is 14.8 Å². The number of ether oxygens (including phenoxy) is 2. The molecule has 2 atom stereocenters. The van der Waals surface area contributed by atoms with Crippen LogP contribution in [0.15, 0.2) is 82.8 Å². The highest BCUT2D eigenvalue weighted by molar-refractivity contribution is 7.98. The Kier molecular flexibility index (Phi) is 12.1. The van der Waals surface area contributed by atoms with Gasteiger partial charge in [0.15, 0.2) is 0 Å². The molecule has 2 aromatic heterocycles. The molecule has 5 rings (SSSR count). The number of rotatable bonds is 9. The van der Waals surface area contributed by atoms with Crippen LogP contribution in [0.1, 0.15) is 46.4 Å². The number of amides is 1. The molecule has 0 bridgehead atoms. The van der Waals surface area contributed by atoms with Gasteiger partial charge in [0.2, 0.25) is 11.8 Å². The molecule has 0 spiro atoms. The van der Waals surface area contributed by atoms with E-state index in [4.69, 9.17) is 14.6 Å². The average Bonchev–Trinajstić information content (AvgIpc) is 3.03. The summed E-state index contributed by atoms with van der Waals surface area (Å²) >= 11 is 3.10. The molecule has 3 N–H and O–H groups in total. The number of benzene rings is 2. The molecule has 0 aliphatic heterocycles. The molecule has 1 fully saturated rings. The fraction of sp³-hybridized carbons (Fsp3) is 0.250. The lowest BCUT2D eigenvalue weighted by molar-refractivity contribution is 0.0691. The molecule has 0 unspecified atom stereocenters. The van der Waals surface area contributed by atoms with Crippen LogP contribution in [0.4, 0.5) is 8.78 Å². The Morgan fingerprint density at radius 1 is 0.844 bits per heavy atom. The molecular formula is C32H31F2N3O6S2. The summed E-state index contributed by atoms with van der Waals surface area (Å²) in [4.78, 5) is 33.2. The monoisotopic (exact) mass is 655 g/mol. The van der Waals surface area contributed by atoms with Gasteiger partial charge in [-0.2, -0.15) is 0 Å². The number of nitrogens with one attached hydrogen (secondary N) is 1. The lowest BCUT2D eigenvalue weighted by Crippen LogP contribution is -2.39. The van der Waals surface area contributed by atoms with Gasteiger partial charge in [0.25, 0.3) is 5.91 Å². The van der Waals surface area contributed by atoms with Gasteiger partial charge in [-0.3, -0.25) is 4.79 Å². The van der Waals surface area contributed by atoms with E-state index < -0.39 is 29.6 Å². The van der Waals surface area contributed by atoms with Crippen molar-refractivity contribution in [2.24, 2.45) is 0 Å². The highest BCUT2D eigenvalue weighted by atomic mass is 32.2. The van der Waals surface area contributed by atoms with E-state index in [1.807, 2.05) is 36.8 Å². The third-order valence-electron chi connectivity index (χ3n) is 6.60. The van der Waals surface area contributed by atoms with E-state index >= 15 is 0 Å². The first kappa shape index (κ1) is 33.7. The van der Waals surface area contributed by atoms with Crippen molar-refractivity contribution >= 4 is 35.4 Å². The third kappa shape index (κ3) is 9.90. The minimum absolute atomic E-state index is 0.0413. The summed E-state index contributed by atoms with van der Waals surface area (Å²) in [6.45, 7) is 0. The van der Waals surface area contributed by atoms with Crippen molar-refractivity contribution in [3.8, 4) is 23.3 Å². The summed E-state index contributed by atoms with van der Waals surface area (Å²) < 4.78 is 37.8. The number of aliphatic hydroxyl groups excluding tert-OH is 1. The quantitative estimate of drug-likeness (QED) is 0.159. The zero-order valence-electron chi connectivity index (χ0n) is 24.4. The van der Waals surface area contributed by atoms with Gasteiger partial charge in [0.05, 0.1) is 18.5 Å². The SMILES string of the molecule is CSc1cccc(Oc2ncc(F)cc2C(=O)N[C@@H]2CCC[C@@H](O)C2)c1.CSc1cccc(Oc2ncc(F)cc2C(=O)O)c1. The Labute approximate surface area is 267 Å². The molecular weight excluding hydrogens is 624 g/mol. The van der Waals surface area contributed by atoms with Crippen molar-refractivity contribution in [1.82, 2.24) is 15.3 Å². The molecule has 236 valence electrons. The van der Waals surface area contributed by atoms with Crippen molar-refractivity contribution in [2.75, 3.05) is 12.5 Å². The molecule has 0 radical (unpaired) electrons. The Morgan fingerprint density at radius 2 is 1.38 bits per heavy atom. The number of pyridine rings is 2. The molecule has 4 aromatic rings. The maximum absolute atomic E-state index is 13.7. The molecule has 1 amide bonds. The molecule has 45 heavy (non-hydrogen) atoms. The van der Waals surface area contributed by atoms with Gasteiger partial charge in [0, 0.05) is 15.8 Å². The second-order valence-electron chi connectivity index (χ2n) is 9.87. The van der Waals surface area contributed by atoms with Crippen molar-refractivity contribution in [2.45, 2.75) is 47.6 Å². The van der Waals surface area contributed by atoms with Crippen LogP contribution in [0.25, 0.3) is 0 Å². The normalized spacial score (nSPS) is 15.8. The number of aromatic nitrogens is 2. The van der Waals surface area contributed by atoms with Crippen molar-refractivity contribution in [1.29, 1.82) is 0 Å². The van der Waals surface area contributed by atoms with Crippen LogP contribution in [-0.2, 0) is 0 Å². The lowest BCUT2D eigenvalue weighted by atomic mass is 9.93. The van der Waals surface area contributed by atoms with Gasteiger partial charge in [-0.25, -0.2) is 23.5 Å². The molecule has 1 aliphatic rings. The summed E-state index contributed by atoms with van der Waals surface area (Å²) in [5.41, 5.74) is -0.269. The molecule has 13 heteroatoms. The molecule has 1 saturated carbocycles. The van der Waals surface area contributed by atoms with E-state index in [1.54, 1.807) is 36.0 Å². The Bertz CT molecular complexity index is 1640. The number of carbonyl (C=O) groups excluding carboxylic acids is 1. The predicted molar refractivity (Wildman–Crippen MR) is 168 cm³/mol. The largest absolute Gasteiger partial charge is 0.477 e. The van der Waals surface area contributed by atoms with Gasteiger partial charge in [-0.05, 0) is 86.7 Å². The Balaban J connectivity index is 0.000000215. The van der Waals surface area contributed by atoms with Gasteiger partial charge >= 0.3 is 5.97 Å². The van der Waals surface area contributed by atoms with Crippen LogP contribution >= 0.6 is 23.5 Å². The number of nitrogens with zero attached hydrogens (tertiary/aromatic N) is 2. The second kappa shape index (κ2) is 16.2. The number of hydrogen-bond acceptors (Lipinski definition) is 9. The van der Waals surface area contributed by atoms with E-state index in [1.165, 1.54) is 11.8 Å². The van der Waals surface area contributed by atoms with Crippen LogP contribution in [0, 0.1) is 11.6 Å². The highest BCUT2D eigenvalue weighted by Crippen LogP contribution is 2.29. The number of hydrogen-bond donors (Lipinski definition) is 3. The molecule has 2 aromatic carbocycles. The van der Waals surface area contributed by atoms with E-state index in [0.29, 0.717) is 17.9 Å². The van der Waals surface area contributed by atoms with Crippen molar-refractivity contribution in [3.05, 3.63) is 95.8 Å². The summed E-state index contributed by atoms with van der Waals surface area (Å²) in [7, 11) is 0. The van der Waals surface area contributed by atoms with E-state index in [9.17, 15) is 23.5 Å². The average molecular weight is 656 g/mol. The van der Waals surface area contributed by atoms with Crippen molar-refractivity contribution in [3.63, 3.8) is 0 Å². The lowest BCUT2D eigenvalue weighted by Gasteiger charge is -2.26. The van der Waals surface area contributed by atoms with E-state index in [2.05, 4.69) is 15.3 Å². The number of thioether (sulfide) groups is 2. The number of halogens is 2. The van der Waals surface area contributed by atoms with Crippen molar-refractivity contribution < 1.29 is 38.1 Å². The molecule has 9 nitrogen and oxygen atoms in total. The maximum Gasteiger partial charge on any atom is 0.341 e. The maximum atomic E-state index is 13.7. The smallest absolute Gasteiger partial charge is 0.341 e. The summed E-state index contributed by atoms with van der Waals surface area (Å²) in [5, 5.41) is 21.6. The van der Waals surface area contributed by atoms with Crippen LogP contribution in [0.2, 0.25) is 0 Å². The van der Waals surface area contributed by atoms with Crippen LogP contribution in [-0.4, -0.2) is 56.7 Å². The third-order valence-corrected chi connectivity index (χ3v) is 8.05. The number of carbonyl (C=O) groups is 2. The van der Waals surface area contributed by atoms with E-state index in [0.717, 1.165) is 53.6 Å². The fourth-order valence-electron chi connectivity index (χ4n) is 4.44. The molecule has 2 heterocycles. The van der Waals surface area contributed by atoms with Crippen LogP contribution in [0.3, 0.4) is 0 Å². The number of aromatic carboxylic acids is 1. The predicted octanol–water partition coefficient (Wildman–Crippen LogP) is 7.20. The van der Waals surface area contributed by atoms with Gasteiger partial charge in [-0.1, -0.05) is 12.1 Å². The standard InChI is InChI=1S/C19H21FN2O3S.C13H10FNO3S/c1-26-16-7-3-6-15(10-16)25-19-17(8-12(20)11-21-19)18(24)22-13-4-2-5-14(23)9-13;1-19-10-4-2-3-9(6-10)18-12-11(13(16)17)5-8(14)7-15-12/h3,6-8,10-11,13-14,23H,2,4-5,9H2,1H3,(H,22,24);2-7H,1H3,(H,16,17)/t13-,14-;/m1./s1. The number of aliphatic hydroxyl groups is 1. The minimum atomic E-state index is -1.29. The zero-order valence-corrected chi connectivity index (χ0v) is 26.0. The Morgan fingerprint density at radius 3 is 1.89 bits per heavy atom. The molecule has 0 saturated heterocycles. The molecule has 1 aliphatic carbocycles. The first-order valence-electron chi connectivity index (χ1n) is 13.8. The first-order chi connectivity index (χ1) is 21.6. The highest BCUT2D eigenvalue weighted by Gasteiger charge is 2.24. The fourth-order valence-corrected chi connectivity index (χ4v) is 5.34. The van der Waals surface area contributed by atoms with Gasteiger partial charge in [-0.15, -0.1) is 23.5 Å². The van der Waals surface area contributed by atoms with E-state index in [-0.39, 0.29) is 28.9 Å². The van der Waals surface area contributed by atoms with Gasteiger partial charge < -0.3 is 25.0 Å². The zero-order chi connectivity index (χ0) is 32.3. The summed E-state index contributed by atoms with van der Waals surface area (Å²) in [5.74, 6) is -2.17. The topological polar surface area (TPSA) is 131 Å². The number of carboxylic acid groups (broad SMARTS) is 1. The van der Waals surface area contributed by atoms with Gasteiger partial charge in [0.1, 0.15) is 34.3 Å². The second-order valence-corrected chi connectivity index (χ2v) is 11.6. The number of carboxylic acids is 1. The first-order valence-corrected chi connectivity index (χ1v) is 16.3. The summed E-state index contributed by atoms with van der Waals surface area (Å²) in [6.07, 6.45) is 8.27. The summed E-state index contributed by atoms with van der Waals surface area (Å²) in [6, 6.07) is 16.3. The Hall–Kier alpha value is -4.20. The minimum Gasteiger partial charge on any atom is -0.477 e. The van der Waals surface area contributed by atoms with Crippen LogP contribution in [0.5, 0.6) is 23.3 Å².